The number of nitrogens with one attached hydrogen (secondary N) is 1. The van der Waals surface area contributed by atoms with Gasteiger partial charge in [0.1, 0.15) is 9.57 Å². The summed E-state index contributed by atoms with van der Waals surface area (Å²) in [5, 5.41) is 3.29. The zero-order valence-corrected chi connectivity index (χ0v) is 13.7. The van der Waals surface area contributed by atoms with E-state index in [4.69, 9.17) is 0 Å². The summed E-state index contributed by atoms with van der Waals surface area (Å²) < 4.78 is 1.75. The summed E-state index contributed by atoms with van der Waals surface area (Å²) in [6.45, 7) is 0. The van der Waals surface area contributed by atoms with Crippen LogP contribution in [0.5, 0.6) is 0 Å². The molecule has 4 rings (SSSR count). The number of amidine groups is 1. The molecule has 23 heavy (non-hydrogen) atoms. The van der Waals surface area contributed by atoms with Gasteiger partial charge in [-0.2, -0.15) is 0 Å². The Morgan fingerprint density at radius 3 is 3.04 bits per heavy atom. The van der Waals surface area contributed by atoms with Gasteiger partial charge in [-0.05, 0) is 36.0 Å². The van der Waals surface area contributed by atoms with E-state index < -0.39 is 0 Å². The van der Waals surface area contributed by atoms with Crippen LogP contribution in [-0.2, 0) is 4.79 Å². The van der Waals surface area contributed by atoms with Crippen LogP contribution in [0.4, 0.5) is 11.6 Å². The summed E-state index contributed by atoms with van der Waals surface area (Å²) in [4.78, 5) is 27.8. The number of rotatable bonds is 1. The minimum absolute atomic E-state index is 0.175. The number of nitrogens with zero attached hydrogens (tertiary/aromatic N) is 4. The van der Waals surface area contributed by atoms with Gasteiger partial charge in [0.2, 0.25) is 0 Å². The Labute approximate surface area is 140 Å². The normalized spacial score (nSPS) is 20.5. The number of thioether (sulfide) groups is 1. The lowest BCUT2D eigenvalue weighted by Crippen LogP contribution is -2.21. The number of fused-ring (bicyclic) bond motifs is 1. The van der Waals surface area contributed by atoms with Gasteiger partial charge < -0.3 is 10.2 Å². The van der Waals surface area contributed by atoms with Gasteiger partial charge in [0.05, 0.1) is 4.53 Å². The summed E-state index contributed by atoms with van der Waals surface area (Å²) in [6.07, 6.45) is 7.56. The Balaban J connectivity index is 1.74. The van der Waals surface area contributed by atoms with Crippen molar-refractivity contribution in [2.24, 2.45) is 4.99 Å². The molecule has 1 amide bonds. The van der Waals surface area contributed by atoms with Gasteiger partial charge in [-0.15, -0.1) is 11.3 Å². The predicted molar refractivity (Wildman–Crippen MR) is 93.8 cm³/mol. The Hall–Kier alpha value is -2.45. The monoisotopic (exact) mass is 341 g/mol. The Kier molecular flexibility index (Phi) is 3.47. The topological polar surface area (TPSA) is 70.5 Å². The molecular formula is C15H11N5OS2. The highest BCUT2D eigenvalue weighted by Crippen LogP contribution is 2.26. The second-order valence-corrected chi connectivity index (χ2v) is 6.85. The fraction of sp³-hybridized carbons (Fsp3) is 0.0667. The molecule has 114 valence electrons. The zero-order chi connectivity index (χ0) is 15.8. The second-order valence-electron chi connectivity index (χ2n) is 4.82. The number of hydrogen-bond acceptors (Lipinski definition) is 7. The molecule has 4 heterocycles. The largest absolute Gasteiger partial charge is 0.335 e. The molecule has 0 atom stereocenters. The summed E-state index contributed by atoms with van der Waals surface area (Å²) in [6, 6.07) is 5.46. The highest BCUT2D eigenvalue weighted by molar-refractivity contribution is 8.23. The number of thiazole rings is 1. The lowest BCUT2D eigenvalue weighted by atomic mass is 10.4. The van der Waals surface area contributed by atoms with E-state index in [0.717, 1.165) is 10.4 Å². The number of carbonyl (C=O) groups excluding carboxylic acids is 1. The van der Waals surface area contributed by atoms with E-state index in [1.165, 1.54) is 23.1 Å². The lowest BCUT2D eigenvalue weighted by Gasteiger charge is -2.11. The van der Waals surface area contributed by atoms with E-state index in [1.54, 1.807) is 12.3 Å². The third-order valence-corrected chi connectivity index (χ3v) is 5.34. The molecule has 8 heteroatoms. The maximum atomic E-state index is 12.2. The van der Waals surface area contributed by atoms with Crippen molar-refractivity contribution in [2.75, 3.05) is 11.9 Å². The smallest absolute Gasteiger partial charge is 0.267 e. The molecule has 0 bridgehead atoms. The second kappa shape index (κ2) is 5.64. The number of amides is 1. The van der Waals surface area contributed by atoms with Crippen molar-refractivity contribution < 1.29 is 4.79 Å². The molecule has 2 aromatic rings. The van der Waals surface area contributed by atoms with Crippen molar-refractivity contribution in [1.82, 2.24) is 15.3 Å². The molecule has 0 unspecified atom stereocenters. The molecule has 0 spiro atoms. The summed E-state index contributed by atoms with van der Waals surface area (Å²) in [5.41, 5.74) is 0. The molecule has 2 aliphatic rings. The van der Waals surface area contributed by atoms with E-state index in [0.29, 0.717) is 20.6 Å². The van der Waals surface area contributed by atoms with Crippen molar-refractivity contribution in [3.8, 4) is 0 Å². The van der Waals surface area contributed by atoms with Crippen LogP contribution >= 0.6 is 23.1 Å². The van der Waals surface area contributed by atoms with Crippen LogP contribution in [0.15, 0.2) is 41.7 Å². The van der Waals surface area contributed by atoms with E-state index >= 15 is 0 Å². The average Bonchev–Trinajstić information content (AvgIpc) is 3.12. The van der Waals surface area contributed by atoms with Gasteiger partial charge in [0.15, 0.2) is 16.8 Å². The highest BCUT2D eigenvalue weighted by Gasteiger charge is 2.26. The standard InChI is InChI=1S/C15H11N5OS2/c1-20-8-4-5-9-12(20)18-14(22-9)11-13(21)19-15(23-11)17-10-6-2-3-7-16-10/h2-8H,1H3,(H,16,17,19,21)/b14-11+. The van der Waals surface area contributed by atoms with Crippen molar-refractivity contribution >= 4 is 56.8 Å². The lowest BCUT2D eigenvalue weighted by molar-refractivity contribution is -0.113. The van der Waals surface area contributed by atoms with Crippen LogP contribution in [-0.4, -0.2) is 28.1 Å². The van der Waals surface area contributed by atoms with E-state index in [2.05, 4.69) is 20.3 Å². The number of aliphatic imine (C=N–C) groups is 1. The fourth-order valence-electron chi connectivity index (χ4n) is 2.15. The minimum atomic E-state index is -0.175. The molecule has 2 aromatic heterocycles. The quantitative estimate of drug-likeness (QED) is 0.836. The van der Waals surface area contributed by atoms with Gasteiger partial charge in [-0.1, -0.05) is 6.07 Å². The van der Waals surface area contributed by atoms with Crippen LogP contribution in [0, 0.1) is 0 Å². The van der Waals surface area contributed by atoms with E-state index in [-0.39, 0.29) is 5.91 Å². The highest BCUT2D eigenvalue weighted by atomic mass is 32.2. The first kappa shape index (κ1) is 14.2. The van der Waals surface area contributed by atoms with Gasteiger partial charge in [0.25, 0.3) is 5.91 Å². The first-order valence-electron chi connectivity index (χ1n) is 6.82. The predicted octanol–water partition coefficient (Wildman–Crippen LogP) is 0.941. The molecule has 2 aliphatic heterocycles. The van der Waals surface area contributed by atoms with Crippen LogP contribution in [0.25, 0.3) is 11.0 Å². The van der Waals surface area contributed by atoms with Crippen LogP contribution in [0.2, 0.25) is 0 Å². The van der Waals surface area contributed by atoms with Gasteiger partial charge in [-0.3, -0.25) is 4.79 Å². The molecule has 0 aliphatic carbocycles. The number of aromatic nitrogens is 2. The van der Waals surface area contributed by atoms with Crippen LogP contribution in [0.3, 0.4) is 0 Å². The van der Waals surface area contributed by atoms with Crippen molar-refractivity contribution in [1.29, 1.82) is 0 Å². The molecule has 0 saturated carbocycles. The summed E-state index contributed by atoms with van der Waals surface area (Å²) in [7, 11) is 1.94. The number of hydrogen-bond donors (Lipinski definition) is 1. The third-order valence-electron chi connectivity index (χ3n) is 3.21. The number of carbonyl (C=O) groups is 1. The maximum absolute atomic E-state index is 12.2. The average molecular weight is 341 g/mol. The van der Waals surface area contributed by atoms with Gasteiger partial charge in [0, 0.05) is 19.4 Å². The number of pyridine rings is 1. The SMILES string of the molecule is CN1C=CC=c2s/c(=C3/S/C(=N\c4ccccn4)NC3=O)nc21. The molecule has 1 N–H and O–H groups in total. The molecule has 0 radical (unpaired) electrons. The molecule has 0 aromatic carbocycles. The number of allylic oxidation sites excluding steroid dienone is 1. The summed E-state index contributed by atoms with van der Waals surface area (Å²) in [5.74, 6) is 1.25. The Bertz CT molecular complexity index is 961. The van der Waals surface area contributed by atoms with Crippen molar-refractivity contribution in [3.63, 3.8) is 0 Å². The maximum Gasteiger partial charge on any atom is 0.267 e. The molecule has 1 fully saturated rings. The van der Waals surface area contributed by atoms with Crippen LogP contribution < -0.4 is 19.4 Å². The van der Waals surface area contributed by atoms with Gasteiger partial charge >= 0.3 is 0 Å². The first-order valence-corrected chi connectivity index (χ1v) is 8.45. The van der Waals surface area contributed by atoms with Crippen molar-refractivity contribution in [3.05, 3.63) is 45.9 Å². The number of anilines is 1. The molecule has 1 saturated heterocycles. The van der Waals surface area contributed by atoms with Gasteiger partial charge in [-0.25, -0.2) is 15.0 Å². The van der Waals surface area contributed by atoms with Crippen molar-refractivity contribution in [2.45, 2.75) is 0 Å². The third kappa shape index (κ3) is 2.66. The van der Waals surface area contributed by atoms with Crippen LogP contribution in [0.1, 0.15) is 0 Å². The minimum Gasteiger partial charge on any atom is -0.335 e. The summed E-state index contributed by atoms with van der Waals surface area (Å²) >= 11 is 2.79. The Morgan fingerprint density at radius 1 is 1.35 bits per heavy atom. The fourth-order valence-corrected chi connectivity index (χ4v) is 4.11. The molecular weight excluding hydrogens is 330 g/mol. The molecule has 6 nitrogen and oxygen atoms in total. The van der Waals surface area contributed by atoms with E-state index in [1.807, 2.05) is 42.4 Å². The zero-order valence-electron chi connectivity index (χ0n) is 12.1. The first-order chi connectivity index (χ1) is 11.2. The Morgan fingerprint density at radius 2 is 2.26 bits per heavy atom. The van der Waals surface area contributed by atoms with E-state index in [9.17, 15) is 4.79 Å².